The Balaban J connectivity index is 2.35. The van der Waals surface area contributed by atoms with Crippen LogP contribution in [0.4, 0.5) is 5.82 Å². The Morgan fingerprint density at radius 3 is 3.00 bits per heavy atom. The average molecular weight is 235 g/mol. The fourth-order valence-electron chi connectivity index (χ4n) is 1.85. The Labute approximate surface area is 99.2 Å². The van der Waals surface area contributed by atoms with Crippen LogP contribution in [-0.4, -0.2) is 19.7 Å². The minimum Gasteiger partial charge on any atom is -0.384 e. The predicted octanol–water partition coefficient (Wildman–Crippen LogP) is 0.151. The molecule has 0 aliphatic rings. The number of rotatable bonds is 5. The number of nitrogens with one attached hydrogen (secondary N) is 2. The van der Waals surface area contributed by atoms with Crippen molar-refractivity contribution < 1.29 is 0 Å². The van der Waals surface area contributed by atoms with Crippen molar-refractivity contribution in [2.45, 2.75) is 25.9 Å². The first-order valence-electron chi connectivity index (χ1n) is 5.53. The van der Waals surface area contributed by atoms with E-state index < -0.39 is 0 Å². The van der Waals surface area contributed by atoms with E-state index in [9.17, 15) is 0 Å². The Bertz CT molecular complexity index is 472. The van der Waals surface area contributed by atoms with Crippen molar-refractivity contribution in [2.75, 3.05) is 5.73 Å². The van der Waals surface area contributed by atoms with E-state index in [-0.39, 0.29) is 6.04 Å². The first-order chi connectivity index (χ1) is 8.27. The van der Waals surface area contributed by atoms with E-state index in [0.717, 1.165) is 24.4 Å². The molecule has 7 heteroatoms. The zero-order valence-corrected chi connectivity index (χ0v) is 9.72. The van der Waals surface area contributed by atoms with E-state index in [1.807, 2.05) is 6.20 Å². The van der Waals surface area contributed by atoms with Gasteiger partial charge in [-0.2, -0.15) is 5.10 Å². The van der Waals surface area contributed by atoms with Gasteiger partial charge >= 0.3 is 0 Å². The van der Waals surface area contributed by atoms with Crippen LogP contribution in [-0.2, 0) is 6.54 Å². The van der Waals surface area contributed by atoms with E-state index in [0.29, 0.717) is 5.82 Å². The van der Waals surface area contributed by atoms with Crippen LogP contribution in [0.3, 0.4) is 0 Å². The molecule has 2 rings (SSSR count). The molecule has 0 aliphatic carbocycles. The van der Waals surface area contributed by atoms with E-state index >= 15 is 0 Å². The first-order valence-corrected chi connectivity index (χ1v) is 5.53. The molecule has 0 aliphatic heterocycles. The first kappa shape index (κ1) is 11.6. The lowest BCUT2D eigenvalue weighted by Gasteiger charge is -2.16. The second-order valence-corrected chi connectivity index (χ2v) is 3.82. The quantitative estimate of drug-likeness (QED) is 0.435. The number of aromatic amines is 1. The van der Waals surface area contributed by atoms with Gasteiger partial charge in [-0.15, -0.1) is 0 Å². The fourth-order valence-corrected chi connectivity index (χ4v) is 1.85. The van der Waals surface area contributed by atoms with Crippen molar-refractivity contribution in [3.63, 3.8) is 0 Å². The summed E-state index contributed by atoms with van der Waals surface area (Å²) in [5.74, 6) is 6.92. The highest BCUT2D eigenvalue weighted by atomic mass is 15.3. The smallest absolute Gasteiger partial charge is 0.131 e. The molecule has 2 heterocycles. The summed E-state index contributed by atoms with van der Waals surface area (Å²) in [6, 6.07) is -0.254. The van der Waals surface area contributed by atoms with Gasteiger partial charge in [0, 0.05) is 24.5 Å². The van der Waals surface area contributed by atoms with Crippen LogP contribution < -0.4 is 17.0 Å². The molecule has 0 aromatic carbocycles. The molecule has 1 atom stereocenters. The van der Waals surface area contributed by atoms with Crippen LogP contribution in [0.2, 0.25) is 0 Å². The van der Waals surface area contributed by atoms with Crippen LogP contribution in [0.15, 0.2) is 18.6 Å². The Hall–Kier alpha value is -1.86. The molecule has 1 unspecified atom stereocenters. The number of imidazole rings is 1. The van der Waals surface area contributed by atoms with Gasteiger partial charge in [-0.3, -0.25) is 10.9 Å². The molecule has 2 aromatic heterocycles. The maximum absolute atomic E-state index is 5.80. The number of nitrogen functional groups attached to an aromatic ring is 1. The molecule has 0 bridgehead atoms. The third-order valence-corrected chi connectivity index (χ3v) is 2.65. The Morgan fingerprint density at radius 1 is 1.59 bits per heavy atom. The highest BCUT2D eigenvalue weighted by Gasteiger charge is 2.21. The fraction of sp³-hybridized carbons (Fsp3) is 0.400. The van der Waals surface area contributed by atoms with Crippen LogP contribution in [0.1, 0.15) is 30.8 Å². The van der Waals surface area contributed by atoms with Gasteiger partial charge in [0.2, 0.25) is 0 Å². The van der Waals surface area contributed by atoms with Gasteiger partial charge in [-0.1, -0.05) is 6.92 Å². The number of nitrogens with zero attached hydrogens (tertiary/aromatic N) is 3. The number of H-pyrrole nitrogens is 1. The van der Waals surface area contributed by atoms with Crippen LogP contribution in [0, 0.1) is 0 Å². The van der Waals surface area contributed by atoms with Crippen LogP contribution in [0.5, 0.6) is 0 Å². The van der Waals surface area contributed by atoms with Crippen molar-refractivity contribution in [1.82, 2.24) is 25.2 Å². The maximum Gasteiger partial charge on any atom is 0.131 e. The molecule has 17 heavy (non-hydrogen) atoms. The molecule has 6 N–H and O–H groups in total. The summed E-state index contributed by atoms with van der Waals surface area (Å²) in [7, 11) is 0. The van der Waals surface area contributed by atoms with E-state index in [4.69, 9.17) is 11.6 Å². The van der Waals surface area contributed by atoms with Gasteiger partial charge in [-0.25, -0.2) is 10.4 Å². The number of hydrazine groups is 1. The van der Waals surface area contributed by atoms with Gasteiger partial charge < -0.3 is 10.3 Å². The summed E-state index contributed by atoms with van der Waals surface area (Å²) < 4.78 is 2.05. The number of nitrogens with two attached hydrogens (primary N) is 2. The van der Waals surface area contributed by atoms with Crippen molar-refractivity contribution in [3.8, 4) is 0 Å². The topological polar surface area (TPSA) is 111 Å². The Morgan fingerprint density at radius 2 is 2.41 bits per heavy atom. The van der Waals surface area contributed by atoms with Crippen molar-refractivity contribution in [3.05, 3.63) is 30.0 Å². The second-order valence-electron chi connectivity index (χ2n) is 3.82. The zero-order valence-electron chi connectivity index (χ0n) is 9.72. The van der Waals surface area contributed by atoms with Gasteiger partial charge in [0.1, 0.15) is 17.7 Å². The molecule has 0 radical (unpaired) electrons. The molecular formula is C10H17N7. The van der Waals surface area contributed by atoms with E-state index in [1.54, 1.807) is 12.4 Å². The highest BCUT2D eigenvalue weighted by Crippen LogP contribution is 2.23. The van der Waals surface area contributed by atoms with Gasteiger partial charge in [0.15, 0.2) is 0 Å². The van der Waals surface area contributed by atoms with E-state index in [2.05, 4.69) is 32.1 Å². The van der Waals surface area contributed by atoms with Gasteiger partial charge in [0.05, 0.1) is 6.20 Å². The lowest BCUT2D eigenvalue weighted by atomic mass is 10.1. The lowest BCUT2D eigenvalue weighted by molar-refractivity contribution is 0.546. The summed E-state index contributed by atoms with van der Waals surface area (Å²) in [5.41, 5.74) is 9.32. The SMILES string of the molecule is CCCn1ccnc1C(NN)c1cn[nH]c1N. The zero-order chi connectivity index (χ0) is 12.3. The minimum atomic E-state index is -0.254. The van der Waals surface area contributed by atoms with Crippen molar-refractivity contribution >= 4 is 5.82 Å². The molecule has 0 amide bonds. The van der Waals surface area contributed by atoms with E-state index in [1.165, 1.54) is 0 Å². The standard InChI is InChI=1S/C10H17N7/c1-2-4-17-5-3-13-10(17)8(15-12)7-6-14-16-9(7)11/h3,5-6,8,15H,2,4,12H2,1H3,(H3,11,14,16). The third-order valence-electron chi connectivity index (χ3n) is 2.65. The van der Waals surface area contributed by atoms with Crippen LogP contribution in [0.25, 0.3) is 0 Å². The predicted molar refractivity (Wildman–Crippen MR) is 64.7 cm³/mol. The van der Waals surface area contributed by atoms with Crippen molar-refractivity contribution in [2.24, 2.45) is 5.84 Å². The number of aromatic nitrogens is 4. The molecule has 2 aromatic rings. The molecule has 0 saturated carbocycles. The summed E-state index contributed by atoms with van der Waals surface area (Å²) in [6.07, 6.45) is 6.37. The van der Waals surface area contributed by atoms with Gasteiger partial charge in [0.25, 0.3) is 0 Å². The summed E-state index contributed by atoms with van der Waals surface area (Å²) in [6.45, 7) is 3.01. The second kappa shape index (κ2) is 4.98. The average Bonchev–Trinajstić information content (AvgIpc) is 2.92. The molecule has 0 fully saturated rings. The number of hydrogen-bond acceptors (Lipinski definition) is 5. The van der Waals surface area contributed by atoms with Crippen LogP contribution >= 0.6 is 0 Å². The number of hydrogen-bond donors (Lipinski definition) is 4. The molecule has 0 saturated heterocycles. The monoisotopic (exact) mass is 235 g/mol. The molecule has 7 nitrogen and oxygen atoms in total. The third kappa shape index (κ3) is 2.15. The minimum absolute atomic E-state index is 0.254. The summed E-state index contributed by atoms with van der Waals surface area (Å²) in [5, 5.41) is 6.59. The normalized spacial score (nSPS) is 12.8. The van der Waals surface area contributed by atoms with Gasteiger partial charge in [-0.05, 0) is 6.42 Å². The highest BCUT2D eigenvalue weighted by molar-refractivity contribution is 5.42. The summed E-state index contributed by atoms with van der Waals surface area (Å²) in [4.78, 5) is 4.33. The number of anilines is 1. The largest absolute Gasteiger partial charge is 0.384 e. The number of aryl methyl sites for hydroxylation is 1. The molecular weight excluding hydrogens is 218 g/mol. The molecule has 92 valence electrons. The Kier molecular flexibility index (Phi) is 3.40. The lowest BCUT2D eigenvalue weighted by Crippen LogP contribution is -2.31. The maximum atomic E-state index is 5.80. The summed E-state index contributed by atoms with van der Waals surface area (Å²) >= 11 is 0. The molecule has 0 spiro atoms. The van der Waals surface area contributed by atoms with Crippen molar-refractivity contribution in [1.29, 1.82) is 0 Å².